The highest BCUT2D eigenvalue weighted by Crippen LogP contribution is 1.91. The highest BCUT2D eigenvalue weighted by Gasteiger charge is 2.18. The van der Waals surface area contributed by atoms with E-state index in [2.05, 4.69) is 16.6 Å². The first-order valence-electron chi connectivity index (χ1n) is 3.41. The van der Waals surface area contributed by atoms with Gasteiger partial charge in [0.05, 0.1) is 6.61 Å². The van der Waals surface area contributed by atoms with Crippen molar-refractivity contribution in [1.29, 1.82) is 0 Å². The SMILES string of the molecule is C=CC([N]C(N)=O)C(=O)OCC. The van der Waals surface area contributed by atoms with Gasteiger partial charge in [-0.1, -0.05) is 6.08 Å². The summed E-state index contributed by atoms with van der Waals surface area (Å²) >= 11 is 0. The van der Waals surface area contributed by atoms with E-state index < -0.39 is 18.0 Å². The maximum atomic E-state index is 10.9. The summed E-state index contributed by atoms with van der Waals surface area (Å²) < 4.78 is 4.58. The molecule has 0 aromatic carbocycles. The van der Waals surface area contributed by atoms with Gasteiger partial charge in [0.25, 0.3) is 0 Å². The quantitative estimate of drug-likeness (QED) is 0.469. The average Bonchev–Trinajstić information content (AvgIpc) is 2.00. The normalized spacial score (nSPS) is 11.4. The van der Waals surface area contributed by atoms with E-state index in [0.29, 0.717) is 0 Å². The smallest absolute Gasteiger partial charge is 0.335 e. The second kappa shape index (κ2) is 5.17. The fourth-order valence-electron chi connectivity index (χ4n) is 0.566. The van der Waals surface area contributed by atoms with Crippen molar-refractivity contribution in [2.45, 2.75) is 13.0 Å². The van der Waals surface area contributed by atoms with Gasteiger partial charge < -0.3 is 10.5 Å². The lowest BCUT2D eigenvalue weighted by atomic mass is 10.3. The van der Waals surface area contributed by atoms with E-state index in [1.807, 2.05) is 0 Å². The van der Waals surface area contributed by atoms with Crippen LogP contribution in [-0.4, -0.2) is 24.6 Å². The molecular weight excluding hydrogens is 160 g/mol. The zero-order valence-electron chi connectivity index (χ0n) is 6.82. The molecule has 0 aromatic rings. The molecule has 0 spiro atoms. The molecule has 2 N–H and O–H groups in total. The first kappa shape index (κ1) is 10.5. The van der Waals surface area contributed by atoms with Crippen molar-refractivity contribution in [2.24, 2.45) is 5.73 Å². The molecule has 0 saturated heterocycles. The van der Waals surface area contributed by atoms with Crippen molar-refractivity contribution in [2.75, 3.05) is 6.61 Å². The van der Waals surface area contributed by atoms with Gasteiger partial charge in [-0.3, -0.25) is 0 Å². The number of nitrogens with zero attached hydrogens (tertiary/aromatic N) is 1. The van der Waals surface area contributed by atoms with Crippen LogP contribution in [0.4, 0.5) is 4.79 Å². The summed E-state index contributed by atoms with van der Waals surface area (Å²) in [6.07, 6.45) is 1.20. The zero-order valence-corrected chi connectivity index (χ0v) is 6.82. The number of carbonyl (C=O) groups is 2. The Morgan fingerprint density at radius 1 is 1.75 bits per heavy atom. The maximum absolute atomic E-state index is 10.9. The Kier molecular flexibility index (Phi) is 4.52. The Labute approximate surface area is 70.6 Å². The van der Waals surface area contributed by atoms with E-state index in [-0.39, 0.29) is 6.61 Å². The minimum absolute atomic E-state index is 0.234. The third-order valence-electron chi connectivity index (χ3n) is 1.02. The Bertz CT molecular complexity index is 191. The molecule has 1 atom stereocenters. The minimum atomic E-state index is -0.984. The van der Waals surface area contributed by atoms with Crippen molar-refractivity contribution < 1.29 is 14.3 Å². The molecule has 12 heavy (non-hydrogen) atoms. The Morgan fingerprint density at radius 3 is 2.67 bits per heavy atom. The van der Waals surface area contributed by atoms with E-state index in [9.17, 15) is 9.59 Å². The van der Waals surface area contributed by atoms with E-state index in [1.54, 1.807) is 6.92 Å². The molecule has 0 saturated carbocycles. The number of esters is 1. The highest BCUT2D eigenvalue weighted by molar-refractivity contribution is 5.84. The van der Waals surface area contributed by atoms with E-state index in [0.717, 1.165) is 0 Å². The van der Waals surface area contributed by atoms with Crippen molar-refractivity contribution in [3.8, 4) is 0 Å². The van der Waals surface area contributed by atoms with Crippen LogP contribution in [0.15, 0.2) is 12.7 Å². The van der Waals surface area contributed by atoms with Gasteiger partial charge in [-0.25, -0.2) is 14.9 Å². The number of ether oxygens (including phenoxy) is 1. The van der Waals surface area contributed by atoms with Crippen LogP contribution in [0, 0.1) is 0 Å². The molecule has 67 valence electrons. The van der Waals surface area contributed by atoms with Crippen LogP contribution in [-0.2, 0) is 9.53 Å². The maximum Gasteiger partial charge on any atom is 0.335 e. The Balaban J connectivity index is 4.05. The largest absolute Gasteiger partial charge is 0.464 e. The van der Waals surface area contributed by atoms with E-state index >= 15 is 0 Å². The summed E-state index contributed by atoms with van der Waals surface area (Å²) in [7, 11) is 0. The van der Waals surface area contributed by atoms with Crippen LogP contribution in [0.25, 0.3) is 0 Å². The lowest BCUT2D eigenvalue weighted by Gasteiger charge is -2.08. The van der Waals surface area contributed by atoms with Gasteiger partial charge in [0.1, 0.15) is 0 Å². The summed E-state index contributed by atoms with van der Waals surface area (Å²) in [5.74, 6) is -0.619. The van der Waals surface area contributed by atoms with E-state index in [4.69, 9.17) is 5.73 Å². The molecule has 5 heteroatoms. The van der Waals surface area contributed by atoms with Crippen molar-refractivity contribution in [3.05, 3.63) is 12.7 Å². The van der Waals surface area contributed by atoms with Gasteiger partial charge in [0.2, 0.25) is 0 Å². The van der Waals surface area contributed by atoms with Crippen LogP contribution < -0.4 is 11.1 Å². The zero-order chi connectivity index (χ0) is 9.56. The number of primary amides is 1. The van der Waals surface area contributed by atoms with Crippen LogP contribution in [0.2, 0.25) is 0 Å². The number of nitrogens with two attached hydrogens (primary N) is 1. The Morgan fingerprint density at radius 2 is 2.33 bits per heavy atom. The van der Waals surface area contributed by atoms with Gasteiger partial charge in [0.15, 0.2) is 6.04 Å². The standard InChI is InChI=1S/C7H11N2O3/c1-3-5(9-7(8)11)6(10)12-4-2/h3,5H,1,4H2,2H3,(H2,8,11). The van der Waals surface area contributed by atoms with Crippen LogP contribution in [0.1, 0.15) is 6.92 Å². The van der Waals surface area contributed by atoms with Crippen LogP contribution in [0.5, 0.6) is 0 Å². The van der Waals surface area contributed by atoms with Crippen molar-refractivity contribution in [3.63, 3.8) is 0 Å². The highest BCUT2D eigenvalue weighted by atomic mass is 16.5. The Hall–Kier alpha value is -1.52. The third-order valence-corrected chi connectivity index (χ3v) is 1.02. The summed E-state index contributed by atoms with van der Waals surface area (Å²) in [5.41, 5.74) is 4.74. The topological polar surface area (TPSA) is 83.5 Å². The van der Waals surface area contributed by atoms with Gasteiger partial charge >= 0.3 is 12.0 Å². The molecule has 0 aromatic heterocycles. The lowest BCUT2D eigenvalue weighted by Crippen LogP contribution is -2.37. The van der Waals surface area contributed by atoms with Crippen LogP contribution >= 0.6 is 0 Å². The summed E-state index contributed by atoms with van der Waals surface area (Å²) in [4.78, 5) is 21.2. The molecule has 0 heterocycles. The number of urea groups is 1. The molecule has 1 radical (unpaired) electrons. The van der Waals surface area contributed by atoms with Gasteiger partial charge in [-0.15, -0.1) is 6.58 Å². The minimum Gasteiger partial charge on any atom is -0.464 e. The molecule has 0 aliphatic carbocycles. The van der Waals surface area contributed by atoms with Crippen LogP contribution in [0.3, 0.4) is 0 Å². The number of hydrogen-bond donors (Lipinski definition) is 1. The monoisotopic (exact) mass is 171 g/mol. The second-order valence-electron chi connectivity index (χ2n) is 1.90. The first-order chi connectivity index (χ1) is 5.61. The summed E-state index contributed by atoms with van der Waals surface area (Å²) in [5, 5.41) is 3.26. The molecule has 2 amide bonds. The third kappa shape index (κ3) is 3.60. The predicted molar refractivity (Wildman–Crippen MR) is 42.3 cm³/mol. The summed E-state index contributed by atoms with van der Waals surface area (Å²) in [6.45, 7) is 5.20. The molecule has 0 rings (SSSR count). The van der Waals surface area contributed by atoms with Gasteiger partial charge in [0, 0.05) is 0 Å². The molecule has 0 fully saturated rings. The molecule has 0 aliphatic rings. The van der Waals surface area contributed by atoms with E-state index in [1.165, 1.54) is 6.08 Å². The number of amides is 2. The molecule has 5 nitrogen and oxygen atoms in total. The van der Waals surface area contributed by atoms with Crippen molar-refractivity contribution in [1.82, 2.24) is 5.32 Å². The number of carbonyl (C=O) groups excluding carboxylic acids is 2. The molecule has 0 aliphatic heterocycles. The first-order valence-corrected chi connectivity index (χ1v) is 3.41. The molecule has 0 bridgehead atoms. The fourth-order valence-corrected chi connectivity index (χ4v) is 0.566. The summed E-state index contributed by atoms with van der Waals surface area (Å²) in [6, 6.07) is -1.89. The number of hydrogen-bond acceptors (Lipinski definition) is 3. The fraction of sp³-hybridized carbons (Fsp3) is 0.429. The molecular formula is C7H11N2O3. The number of rotatable bonds is 4. The molecule has 1 unspecified atom stereocenters. The second-order valence-corrected chi connectivity index (χ2v) is 1.90. The predicted octanol–water partition coefficient (Wildman–Crippen LogP) is -0.213. The van der Waals surface area contributed by atoms with Crippen molar-refractivity contribution >= 4 is 12.0 Å². The lowest BCUT2D eigenvalue weighted by molar-refractivity contribution is -0.144. The van der Waals surface area contributed by atoms with Gasteiger partial charge in [-0.2, -0.15) is 0 Å². The van der Waals surface area contributed by atoms with Gasteiger partial charge in [-0.05, 0) is 6.92 Å². The average molecular weight is 171 g/mol.